The summed E-state index contributed by atoms with van der Waals surface area (Å²) >= 11 is 0. The van der Waals surface area contributed by atoms with E-state index in [4.69, 9.17) is 0 Å². The van der Waals surface area contributed by atoms with Crippen LogP contribution < -0.4 is 0 Å². The molecule has 1 fully saturated rings. The SMILES string of the molecule is CN(C)C(=O)CC1(O)CCCN(Cc2ccc(-n3ccnc3)cc2)C1. The van der Waals surface area contributed by atoms with E-state index in [9.17, 15) is 9.90 Å². The molecule has 6 nitrogen and oxygen atoms in total. The number of hydrogen-bond acceptors (Lipinski definition) is 4. The van der Waals surface area contributed by atoms with Gasteiger partial charge in [0, 0.05) is 45.3 Å². The van der Waals surface area contributed by atoms with Crippen molar-refractivity contribution < 1.29 is 9.90 Å². The monoisotopic (exact) mass is 342 g/mol. The van der Waals surface area contributed by atoms with Crippen molar-refractivity contribution in [2.45, 2.75) is 31.4 Å². The number of likely N-dealkylation sites (tertiary alicyclic amines) is 1. The van der Waals surface area contributed by atoms with Crippen LogP contribution in [0.25, 0.3) is 5.69 Å². The smallest absolute Gasteiger partial charge is 0.224 e. The molecule has 2 heterocycles. The van der Waals surface area contributed by atoms with Crippen LogP contribution in [-0.4, -0.2) is 63.2 Å². The Morgan fingerprint density at radius 1 is 1.32 bits per heavy atom. The Bertz CT molecular complexity index is 697. The molecule has 0 aliphatic carbocycles. The van der Waals surface area contributed by atoms with E-state index < -0.39 is 5.60 Å². The number of carbonyl (C=O) groups is 1. The highest BCUT2D eigenvalue weighted by molar-refractivity contribution is 5.76. The zero-order valence-electron chi connectivity index (χ0n) is 14.9. The summed E-state index contributed by atoms with van der Waals surface area (Å²) in [6.45, 7) is 2.26. The van der Waals surface area contributed by atoms with Gasteiger partial charge in [-0.3, -0.25) is 9.69 Å². The molecule has 0 bridgehead atoms. The van der Waals surface area contributed by atoms with E-state index in [2.05, 4.69) is 34.1 Å². The summed E-state index contributed by atoms with van der Waals surface area (Å²) in [5, 5.41) is 10.8. The van der Waals surface area contributed by atoms with Crippen molar-refractivity contribution in [3.8, 4) is 5.69 Å². The van der Waals surface area contributed by atoms with E-state index in [-0.39, 0.29) is 12.3 Å². The second-order valence-corrected chi connectivity index (χ2v) is 7.14. The zero-order valence-corrected chi connectivity index (χ0v) is 14.9. The number of aliphatic hydroxyl groups is 1. The van der Waals surface area contributed by atoms with Crippen molar-refractivity contribution in [1.82, 2.24) is 19.4 Å². The first kappa shape index (κ1) is 17.6. The van der Waals surface area contributed by atoms with Gasteiger partial charge in [0.1, 0.15) is 0 Å². The molecule has 25 heavy (non-hydrogen) atoms. The van der Waals surface area contributed by atoms with Crippen molar-refractivity contribution >= 4 is 5.91 Å². The third kappa shape index (κ3) is 4.46. The van der Waals surface area contributed by atoms with Gasteiger partial charge in [0.2, 0.25) is 5.91 Å². The summed E-state index contributed by atoms with van der Waals surface area (Å²) in [6, 6.07) is 8.35. The van der Waals surface area contributed by atoms with Gasteiger partial charge in [0.25, 0.3) is 0 Å². The largest absolute Gasteiger partial charge is 0.388 e. The third-order valence-corrected chi connectivity index (χ3v) is 4.76. The molecule has 134 valence electrons. The number of benzene rings is 1. The number of imidazole rings is 1. The molecule has 1 aliphatic heterocycles. The fourth-order valence-corrected chi connectivity index (χ4v) is 3.37. The van der Waals surface area contributed by atoms with E-state index in [1.807, 2.05) is 10.8 Å². The molecule has 1 aromatic carbocycles. The Hall–Kier alpha value is -2.18. The van der Waals surface area contributed by atoms with Crippen molar-refractivity contribution in [3.63, 3.8) is 0 Å². The lowest BCUT2D eigenvalue weighted by molar-refractivity contribution is -0.136. The Kier molecular flexibility index (Phi) is 5.20. The van der Waals surface area contributed by atoms with Crippen molar-refractivity contribution in [3.05, 3.63) is 48.5 Å². The van der Waals surface area contributed by atoms with Crippen LogP contribution in [0.3, 0.4) is 0 Å². The molecule has 1 atom stereocenters. The fraction of sp³-hybridized carbons (Fsp3) is 0.474. The summed E-state index contributed by atoms with van der Waals surface area (Å²) in [5.41, 5.74) is 1.36. The highest BCUT2D eigenvalue weighted by atomic mass is 16.3. The summed E-state index contributed by atoms with van der Waals surface area (Å²) < 4.78 is 1.97. The topological polar surface area (TPSA) is 61.6 Å². The molecule has 1 amide bonds. The van der Waals surface area contributed by atoms with E-state index in [0.717, 1.165) is 25.2 Å². The molecular formula is C19H26N4O2. The predicted octanol–water partition coefficient (Wildman–Crippen LogP) is 1.68. The van der Waals surface area contributed by atoms with Gasteiger partial charge in [-0.1, -0.05) is 12.1 Å². The maximum absolute atomic E-state index is 12.0. The van der Waals surface area contributed by atoms with E-state index in [1.54, 1.807) is 31.5 Å². The summed E-state index contributed by atoms with van der Waals surface area (Å²) in [5.74, 6) is -0.0194. The van der Waals surface area contributed by atoms with Gasteiger partial charge in [-0.05, 0) is 37.1 Å². The van der Waals surface area contributed by atoms with Crippen LogP contribution in [0.4, 0.5) is 0 Å². The second-order valence-electron chi connectivity index (χ2n) is 7.14. The maximum atomic E-state index is 12.0. The van der Waals surface area contributed by atoms with Crippen molar-refractivity contribution in [1.29, 1.82) is 0 Å². The second kappa shape index (κ2) is 7.37. The average molecular weight is 342 g/mol. The van der Waals surface area contributed by atoms with Crippen LogP contribution >= 0.6 is 0 Å². The highest BCUT2D eigenvalue weighted by Crippen LogP contribution is 2.26. The number of hydrogen-bond donors (Lipinski definition) is 1. The molecule has 1 N–H and O–H groups in total. The summed E-state index contributed by atoms with van der Waals surface area (Å²) in [6.07, 6.45) is 7.24. The number of rotatable bonds is 5. The zero-order chi connectivity index (χ0) is 17.9. The third-order valence-electron chi connectivity index (χ3n) is 4.76. The lowest BCUT2D eigenvalue weighted by Gasteiger charge is -2.39. The highest BCUT2D eigenvalue weighted by Gasteiger charge is 2.35. The van der Waals surface area contributed by atoms with Crippen molar-refractivity contribution in [2.24, 2.45) is 0 Å². The van der Waals surface area contributed by atoms with Crippen LogP contribution in [0, 0.1) is 0 Å². The number of β-amino-alcohol motifs (C(OH)–C–C–N with tert-alkyl or cyclic N) is 1. The molecule has 1 aliphatic rings. The fourth-order valence-electron chi connectivity index (χ4n) is 3.37. The van der Waals surface area contributed by atoms with Crippen LogP contribution in [0.2, 0.25) is 0 Å². The molecule has 6 heteroatoms. The maximum Gasteiger partial charge on any atom is 0.224 e. The number of nitrogens with zero attached hydrogens (tertiary/aromatic N) is 4. The minimum Gasteiger partial charge on any atom is -0.388 e. The Labute approximate surface area is 148 Å². The minimum atomic E-state index is -0.920. The van der Waals surface area contributed by atoms with Gasteiger partial charge in [0.05, 0.1) is 18.3 Å². The summed E-state index contributed by atoms with van der Waals surface area (Å²) in [7, 11) is 3.46. The number of piperidine rings is 1. The van der Waals surface area contributed by atoms with Gasteiger partial charge in [-0.2, -0.15) is 0 Å². The molecule has 0 spiro atoms. The Morgan fingerprint density at radius 2 is 2.08 bits per heavy atom. The van der Waals surface area contributed by atoms with E-state index in [1.165, 1.54) is 5.56 Å². The standard InChI is InChI=1S/C19H26N4O2/c1-21(2)18(24)12-19(25)8-3-10-22(14-19)13-16-4-6-17(7-5-16)23-11-9-20-15-23/h4-7,9,11,15,25H,3,8,10,12-14H2,1-2H3. The first-order valence-corrected chi connectivity index (χ1v) is 8.67. The van der Waals surface area contributed by atoms with Gasteiger partial charge in [-0.25, -0.2) is 4.98 Å². The molecule has 1 unspecified atom stereocenters. The van der Waals surface area contributed by atoms with Gasteiger partial charge in [-0.15, -0.1) is 0 Å². The molecular weight excluding hydrogens is 316 g/mol. The number of amides is 1. The number of aromatic nitrogens is 2. The molecule has 1 aromatic heterocycles. The Balaban J connectivity index is 1.61. The van der Waals surface area contributed by atoms with Crippen LogP contribution in [-0.2, 0) is 11.3 Å². The molecule has 2 aromatic rings. The summed E-state index contributed by atoms with van der Waals surface area (Å²) in [4.78, 5) is 19.8. The minimum absolute atomic E-state index is 0.0194. The molecule has 3 rings (SSSR count). The van der Waals surface area contributed by atoms with Crippen LogP contribution in [0.15, 0.2) is 43.0 Å². The number of carbonyl (C=O) groups excluding carboxylic acids is 1. The van der Waals surface area contributed by atoms with Gasteiger partial charge < -0.3 is 14.6 Å². The van der Waals surface area contributed by atoms with Gasteiger partial charge >= 0.3 is 0 Å². The molecule has 1 saturated heterocycles. The quantitative estimate of drug-likeness (QED) is 0.898. The average Bonchev–Trinajstić information content (AvgIpc) is 3.09. The van der Waals surface area contributed by atoms with Crippen molar-refractivity contribution in [2.75, 3.05) is 27.2 Å². The Morgan fingerprint density at radius 3 is 2.72 bits per heavy atom. The lowest BCUT2D eigenvalue weighted by Crippen LogP contribution is -2.50. The lowest BCUT2D eigenvalue weighted by atomic mass is 9.89. The normalized spacial score (nSPS) is 21.2. The first-order valence-electron chi connectivity index (χ1n) is 8.67. The van der Waals surface area contributed by atoms with Crippen LogP contribution in [0.5, 0.6) is 0 Å². The van der Waals surface area contributed by atoms with E-state index in [0.29, 0.717) is 13.0 Å². The van der Waals surface area contributed by atoms with Crippen LogP contribution in [0.1, 0.15) is 24.8 Å². The molecule has 0 radical (unpaired) electrons. The predicted molar refractivity (Wildman–Crippen MR) is 96.3 cm³/mol. The van der Waals surface area contributed by atoms with Gasteiger partial charge in [0.15, 0.2) is 0 Å². The first-order chi connectivity index (χ1) is 12.0. The molecule has 0 saturated carbocycles. The van der Waals surface area contributed by atoms with E-state index >= 15 is 0 Å².